The number of sulfonamides is 1. The monoisotopic (exact) mass is 261 g/mol. The van der Waals surface area contributed by atoms with Crippen LogP contribution in [0.5, 0.6) is 0 Å². The summed E-state index contributed by atoms with van der Waals surface area (Å²) in [7, 11) is -1.59. The van der Waals surface area contributed by atoms with Crippen LogP contribution >= 0.6 is 11.6 Å². The largest absolute Gasteiger partial charge is 0.215 e. The van der Waals surface area contributed by atoms with Crippen LogP contribution in [0.25, 0.3) is 0 Å². The van der Waals surface area contributed by atoms with Gasteiger partial charge in [-0.3, -0.25) is 0 Å². The first-order chi connectivity index (χ1) is 7.56. The van der Waals surface area contributed by atoms with E-state index in [1.165, 1.54) is 4.31 Å². The number of rotatable bonds is 6. The van der Waals surface area contributed by atoms with E-state index < -0.39 is 10.0 Å². The Balaban J connectivity index is 2.50. The lowest BCUT2D eigenvalue weighted by Crippen LogP contribution is -2.31. The standard InChI is InChI=1S/C11H16ClNO2S/c1-13(16(14,15)10-8-12)9-7-11-5-3-2-4-6-11/h2-6H,7-10H2,1H3. The molecule has 90 valence electrons. The molecule has 0 spiro atoms. The van der Waals surface area contributed by atoms with Crippen molar-refractivity contribution in [3.63, 3.8) is 0 Å². The number of hydrogen-bond acceptors (Lipinski definition) is 2. The van der Waals surface area contributed by atoms with Crippen molar-refractivity contribution in [1.29, 1.82) is 0 Å². The molecule has 3 nitrogen and oxygen atoms in total. The van der Waals surface area contributed by atoms with Gasteiger partial charge in [0.1, 0.15) is 0 Å². The molecule has 0 atom stereocenters. The molecule has 1 aromatic rings. The molecule has 0 saturated heterocycles. The summed E-state index contributed by atoms with van der Waals surface area (Å²) in [5, 5.41) is 0. The minimum Gasteiger partial charge on any atom is -0.212 e. The zero-order valence-electron chi connectivity index (χ0n) is 9.27. The van der Waals surface area contributed by atoms with Gasteiger partial charge < -0.3 is 0 Å². The fourth-order valence-corrected chi connectivity index (χ4v) is 2.78. The van der Waals surface area contributed by atoms with Gasteiger partial charge in [-0.1, -0.05) is 30.3 Å². The molecule has 5 heteroatoms. The molecule has 0 amide bonds. The Bertz CT molecular complexity index is 405. The first-order valence-electron chi connectivity index (χ1n) is 5.10. The normalized spacial score (nSPS) is 11.9. The maximum atomic E-state index is 11.6. The van der Waals surface area contributed by atoms with E-state index in [1.54, 1.807) is 7.05 Å². The molecule has 0 fully saturated rings. The third-order valence-electron chi connectivity index (χ3n) is 2.37. The minimum atomic E-state index is -3.18. The highest BCUT2D eigenvalue weighted by atomic mass is 35.5. The van der Waals surface area contributed by atoms with Crippen LogP contribution in [0.4, 0.5) is 0 Å². The van der Waals surface area contributed by atoms with Crippen LogP contribution in [0, 0.1) is 0 Å². The fraction of sp³-hybridized carbons (Fsp3) is 0.455. The van der Waals surface area contributed by atoms with Crippen LogP contribution in [0.1, 0.15) is 5.56 Å². The van der Waals surface area contributed by atoms with Crippen LogP contribution < -0.4 is 0 Å². The van der Waals surface area contributed by atoms with Gasteiger partial charge in [-0.25, -0.2) is 12.7 Å². The number of nitrogens with zero attached hydrogens (tertiary/aromatic N) is 1. The molecule has 0 saturated carbocycles. The van der Waals surface area contributed by atoms with E-state index in [0.717, 1.165) is 12.0 Å². The van der Waals surface area contributed by atoms with Gasteiger partial charge in [0, 0.05) is 19.5 Å². The topological polar surface area (TPSA) is 37.4 Å². The SMILES string of the molecule is CN(CCc1ccccc1)S(=O)(=O)CCCl. The second-order valence-electron chi connectivity index (χ2n) is 3.56. The quantitative estimate of drug-likeness (QED) is 0.732. The second-order valence-corrected chi connectivity index (χ2v) is 6.14. The first kappa shape index (κ1) is 13.5. The second kappa shape index (κ2) is 6.23. The highest BCUT2D eigenvalue weighted by Crippen LogP contribution is 2.04. The van der Waals surface area contributed by atoms with Crippen LogP contribution in [0.15, 0.2) is 30.3 Å². The van der Waals surface area contributed by atoms with Crippen molar-refractivity contribution >= 4 is 21.6 Å². The molecule has 0 aromatic heterocycles. The van der Waals surface area contributed by atoms with Gasteiger partial charge in [0.25, 0.3) is 0 Å². The number of benzene rings is 1. The number of alkyl halides is 1. The summed E-state index contributed by atoms with van der Waals surface area (Å²) in [6, 6.07) is 9.81. The molecule has 0 bridgehead atoms. The average Bonchev–Trinajstić information content (AvgIpc) is 2.27. The zero-order chi connectivity index (χ0) is 12.0. The Morgan fingerprint density at radius 1 is 1.25 bits per heavy atom. The van der Waals surface area contributed by atoms with Crippen molar-refractivity contribution in [2.45, 2.75) is 6.42 Å². The van der Waals surface area contributed by atoms with Gasteiger partial charge in [0.05, 0.1) is 5.75 Å². The van der Waals surface area contributed by atoms with Crippen molar-refractivity contribution < 1.29 is 8.42 Å². The summed E-state index contributed by atoms with van der Waals surface area (Å²) in [6.45, 7) is 0.489. The maximum Gasteiger partial charge on any atom is 0.215 e. The summed E-state index contributed by atoms with van der Waals surface area (Å²) in [4.78, 5) is 0. The number of halogens is 1. The van der Waals surface area contributed by atoms with Gasteiger partial charge >= 0.3 is 0 Å². The molecule has 16 heavy (non-hydrogen) atoms. The summed E-state index contributed by atoms with van der Waals surface area (Å²) in [6.07, 6.45) is 0.721. The van der Waals surface area contributed by atoms with Crippen LogP contribution in [0.3, 0.4) is 0 Å². The van der Waals surface area contributed by atoms with Crippen molar-refractivity contribution in [1.82, 2.24) is 4.31 Å². The fourth-order valence-electron chi connectivity index (χ4n) is 1.32. The summed E-state index contributed by atoms with van der Waals surface area (Å²) in [5.41, 5.74) is 1.13. The van der Waals surface area contributed by atoms with Gasteiger partial charge in [-0.15, -0.1) is 11.6 Å². The zero-order valence-corrected chi connectivity index (χ0v) is 10.8. The van der Waals surface area contributed by atoms with Crippen LogP contribution in [0.2, 0.25) is 0 Å². The molecule has 0 heterocycles. The highest BCUT2D eigenvalue weighted by Gasteiger charge is 2.16. The highest BCUT2D eigenvalue weighted by molar-refractivity contribution is 7.89. The van der Waals surface area contributed by atoms with Crippen LogP contribution in [-0.2, 0) is 16.4 Å². The lowest BCUT2D eigenvalue weighted by Gasteiger charge is -2.16. The van der Waals surface area contributed by atoms with Crippen molar-refractivity contribution in [3.8, 4) is 0 Å². The smallest absolute Gasteiger partial charge is 0.212 e. The molecule has 1 aromatic carbocycles. The van der Waals surface area contributed by atoms with E-state index in [1.807, 2.05) is 30.3 Å². The molecule has 0 radical (unpaired) electrons. The van der Waals surface area contributed by atoms with Crippen LogP contribution in [-0.4, -0.2) is 37.9 Å². The Morgan fingerprint density at radius 2 is 1.88 bits per heavy atom. The Labute approximate surface area is 102 Å². The molecule has 0 aliphatic rings. The Hall–Kier alpha value is -0.580. The lowest BCUT2D eigenvalue weighted by molar-refractivity contribution is 0.474. The summed E-state index contributed by atoms with van der Waals surface area (Å²) in [5.74, 6) is 0.137. The lowest BCUT2D eigenvalue weighted by atomic mass is 10.2. The number of hydrogen-bond donors (Lipinski definition) is 0. The molecular weight excluding hydrogens is 246 g/mol. The molecular formula is C11H16ClNO2S. The van der Waals surface area contributed by atoms with Gasteiger partial charge in [0.2, 0.25) is 10.0 Å². The maximum absolute atomic E-state index is 11.6. The van der Waals surface area contributed by atoms with Crippen molar-refractivity contribution in [3.05, 3.63) is 35.9 Å². The third-order valence-corrected chi connectivity index (χ3v) is 4.63. The minimum absolute atomic E-state index is 0.000154. The van der Waals surface area contributed by atoms with Gasteiger partial charge in [-0.2, -0.15) is 0 Å². The van der Waals surface area contributed by atoms with Crippen molar-refractivity contribution in [2.24, 2.45) is 0 Å². The van der Waals surface area contributed by atoms with E-state index in [0.29, 0.717) is 6.54 Å². The van der Waals surface area contributed by atoms with E-state index in [4.69, 9.17) is 11.6 Å². The number of likely N-dealkylation sites (N-methyl/N-ethyl adjacent to an activating group) is 1. The summed E-state index contributed by atoms with van der Waals surface area (Å²) >= 11 is 5.44. The van der Waals surface area contributed by atoms with Gasteiger partial charge in [-0.05, 0) is 12.0 Å². The third kappa shape index (κ3) is 4.12. The molecule has 0 aliphatic heterocycles. The average molecular weight is 262 g/mol. The molecule has 0 aliphatic carbocycles. The molecule has 0 N–H and O–H groups in total. The van der Waals surface area contributed by atoms with E-state index in [2.05, 4.69) is 0 Å². The molecule has 0 unspecified atom stereocenters. The van der Waals surface area contributed by atoms with E-state index >= 15 is 0 Å². The molecule has 1 rings (SSSR count). The van der Waals surface area contributed by atoms with Crippen molar-refractivity contribution in [2.75, 3.05) is 25.2 Å². The van der Waals surface area contributed by atoms with E-state index in [9.17, 15) is 8.42 Å². The Kier molecular flexibility index (Phi) is 5.25. The summed E-state index contributed by atoms with van der Waals surface area (Å²) < 4.78 is 24.5. The van der Waals surface area contributed by atoms with Gasteiger partial charge in [0.15, 0.2) is 0 Å². The first-order valence-corrected chi connectivity index (χ1v) is 7.24. The predicted molar refractivity (Wildman–Crippen MR) is 67.3 cm³/mol. The predicted octanol–water partition coefficient (Wildman–Crippen LogP) is 1.73. The Morgan fingerprint density at radius 3 is 2.44 bits per heavy atom. The van der Waals surface area contributed by atoms with E-state index in [-0.39, 0.29) is 11.6 Å².